The smallest absolute Gasteiger partial charge is 0.348 e. The van der Waals surface area contributed by atoms with Gasteiger partial charge in [0.25, 0.3) is 0 Å². The van der Waals surface area contributed by atoms with Crippen LogP contribution in [0.15, 0.2) is 59.7 Å². The van der Waals surface area contributed by atoms with E-state index < -0.39 is 0 Å². The molecule has 3 aromatic rings. The number of halogens is 2. The lowest BCUT2D eigenvalue weighted by Crippen LogP contribution is -2.22. The normalized spacial score (nSPS) is 10.6. The molecule has 0 bridgehead atoms. The predicted octanol–water partition coefficient (Wildman–Crippen LogP) is 3.97. The molecule has 0 fully saturated rings. The maximum atomic E-state index is 11.9. The molecule has 122 valence electrons. The van der Waals surface area contributed by atoms with Crippen molar-refractivity contribution in [2.24, 2.45) is 0 Å². The third-order valence-electron chi connectivity index (χ3n) is 3.27. The highest BCUT2D eigenvalue weighted by Crippen LogP contribution is 2.37. The second-order valence-electron chi connectivity index (χ2n) is 5.10. The highest BCUT2D eigenvalue weighted by Gasteiger charge is 2.11. The number of benzene rings is 2. The van der Waals surface area contributed by atoms with Crippen LogP contribution in [-0.4, -0.2) is 9.55 Å². The summed E-state index contributed by atoms with van der Waals surface area (Å²) >= 11 is 12.2. The Labute approximate surface area is 148 Å². The zero-order valence-electron chi connectivity index (χ0n) is 12.4. The van der Waals surface area contributed by atoms with Crippen molar-refractivity contribution in [3.8, 4) is 11.5 Å². The summed E-state index contributed by atoms with van der Waals surface area (Å²) in [5.41, 5.74) is 6.70. The van der Waals surface area contributed by atoms with E-state index in [1.165, 1.54) is 22.9 Å². The van der Waals surface area contributed by atoms with Gasteiger partial charge in [-0.2, -0.15) is 4.98 Å². The lowest BCUT2D eigenvalue weighted by Gasteiger charge is -2.12. The van der Waals surface area contributed by atoms with E-state index in [0.717, 1.165) is 5.56 Å². The van der Waals surface area contributed by atoms with Gasteiger partial charge in [0.2, 0.25) is 0 Å². The molecule has 0 amide bonds. The Morgan fingerprint density at radius 3 is 2.46 bits per heavy atom. The van der Waals surface area contributed by atoms with E-state index in [1.807, 2.05) is 30.3 Å². The Balaban J connectivity index is 1.91. The summed E-state index contributed by atoms with van der Waals surface area (Å²) in [6.45, 7) is 0.382. The van der Waals surface area contributed by atoms with Gasteiger partial charge in [0, 0.05) is 5.69 Å². The highest BCUT2D eigenvalue weighted by atomic mass is 35.5. The summed E-state index contributed by atoms with van der Waals surface area (Å²) < 4.78 is 7.13. The van der Waals surface area contributed by atoms with E-state index >= 15 is 0 Å². The summed E-state index contributed by atoms with van der Waals surface area (Å²) in [4.78, 5) is 15.8. The van der Waals surface area contributed by atoms with Crippen LogP contribution in [-0.2, 0) is 6.54 Å². The lowest BCUT2D eigenvalue weighted by atomic mass is 10.2. The molecule has 2 N–H and O–H groups in total. The zero-order chi connectivity index (χ0) is 17.1. The Bertz CT molecular complexity index is 904. The largest absolute Gasteiger partial charge is 0.451 e. The fourth-order valence-electron chi connectivity index (χ4n) is 2.18. The number of ether oxygens (including phenoxy) is 1. The quantitative estimate of drug-likeness (QED) is 0.713. The summed E-state index contributed by atoms with van der Waals surface area (Å²) in [5.74, 6) is 0.610. The maximum Gasteiger partial charge on any atom is 0.348 e. The van der Waals surface area contributed by atoms with Gasteiger partial charge in [0.15, 0.2) is 11.5 Å². The minimum atomic E-state index is -0.374. The summed E-state index contributed by atoms with van der Waals surface area (Å²) in [6.07, 6.45) is 2.89. The molecule has 0 spiro atoms. The van der Waals surface area contributed by atoms with Gasteiger partial charge >= 0.3 is 5.69 Å². The van der Waals surface area contributed by atoms with E-state index in [-0.39, 0.29) is 21.5 Å². The minimum absolute atomic E-state index is 0.263. The first-order valence-electron chi connectivity index (χ1n) is 7.06. The third-order valence-corrected chi connectivity index (χ3v) is 3.83. The van der Waals surface area contributed by atoms with Gasteiger partial charge in [-0.25, -0.2) is 4.79 Å². The lowest BCUT2D eigenvalue weighted by molar-refractivity contribution is 0.470. The van der Waals surface area contributed by atoms with Gasteiger partial charge in [-0.3, -0.25) is 4.57 Å². The van der Waals surface area contributed by atoms with Crippen LogP contribution in [0.25, 0.3) is 0 Å². The van der Waals surface area contributed by atoms with Gasteiger partial charge in [0.05, 0.1) is 29.0 Å². The zero-order valence-corrected chi connectivity index (χ0v) is 14.0. The third kappa shape index (κ3) is 3.69. The first kappa shape index (κ1) is 16.4. The van der Waals surface area contributed by atoms with Crippen molar-refractivity contribution in [3.63, 3.8) is 0 Å². The fourth-order valence-corrected chi connectivity index (χ4v) is 2.76. The maximum absolute atomic E-state index is 11.9. The van der Waals surface area contributed by atoms with Crippen molar-refractivity contribution in [1.29, 1.82) is 0 Å². The number of nitrogen functional groups attached to an aromatic ring is 1. The van der Waals surface area contributed by atoms with E-state index in [1.54, 1.807) is 6.20 Å². The van der Waals surface area contributed by atoms with Gasteiger partial charge in [-0.15, -0.1) is 0 Å². The molecule has 2 aromatic carbocycles. The van der Waals surface area contributed by atoms with Gasteiger partial charge in [-0.1, -0.05) is 53.5 Å². The SMILES string of the molecule is Nc1cc(Cl)c(Oc2cnc(=O)n(Cc3ccccc3)c2)c(Cl)c1. The number of anilines is 1. The number of aromatic nitrogens is 2. The second-order valence-corrected chi connectivity index (χ2v) is 5.92. The highest BCUT2D eigenvalue weighted by molar-refractivity contribution is 6.37. The Kier molecular flexibility index (Phi) is 4.74. The van der Waals surface area contributed by atoms with Crippen LogP contribution in [0.5, 0.6) is 11.5 Å². The van der Waals surface area contributed by atoms with Crippen molar-refractivity contribution >= 4 is 28.9 Å². The van der Waals surface area contributed by atoms with E-state index in [0.29, 0.717) is 18.0 Å². The molecule has 0 unspecified atom stereocenters. The molecule has 5 nitrogen and oxygen atoms in total. The van der Waals surface area contributed by atoms with Crippen molar-refractivity contribution in [3.05, 3.63) is 81.0 Å². The van der Waals surface area contributed by atoms with Crippen LogP contribution in [0, 0.1) is 0 Å². The van der Waals surface area contributed by atoms with Gasteiger partial charge < -0.3 is 10.5 Å². The number of hydrogen-bond acceptors (Lipinski definition) is 4. The summed E-state index contributed by atoms with van der Waals surface area (Å²) in [5, 5.41) is 0.557. The molecule has 0 saturated heterocycles. The molecule has 0 saturated carbocycles. The van der Waals surface area contributed by atoms with Crippen LogP contribution in [0.1, 0.15) is 5.56 Å². The number of nitrogens with two attached hydrogens (primary N) is 1. The van der Waals surface area contributed by atoms with E-state index in [2.05, 4.69) is 4.98 Å². The van der Waals surface area contributed by atoms with Gasteiger partial charge in [-0.05, 0) is 17.7 Å². The molecule has 0 radical (unpaired) electrons. The summed E-state index contributed by atoms with van der Waals surface area (Å²) in [6, 6.07) is 12.6. The van der Waals surface area contributed by atoms with Crippen molar-refractivity contribution in [2.75, 3.05) is 5.73 Å². The molecular weight excluding hydrogens is 349 g/mol. The van der Waals surface area contributed by atoms with Crippen LogP contribution in [0.3, 0.4) is 0 Å². The first-order valence-corrected chi connectivity index (χ1v) is 7.81. The average molecular weight is 362 g/mol. The molecule has 0 atom stereocenters. The summed E-state index contributed by atoms with van der Waals surface area (Å²) in [7, 11) is 0. The Morgan fingerprint density at radius 1 is 1.12 bits per heavy atom. The number of nitrogens with zero attached hydrogens (tertiary/aromatic N) is 2. The Hall–Kier alpha value is -2.50. The molecule has 7 heteroatoms. The number of rotatable bonds is 4. The van der Waals surface area contributed by atoms with E-state index in [9.17, 15) is 4.79 Å². The van der Waals surface area contributed by atoms with Crippen LogP contribution in [0.4, 0.5) is 5.69 Å². The fraction of sp³-hybridized carbons (Fsp3) is 0.0588. The van der Waals surface area contributed by atoms with Crippen molar-refractivity contribution in [1.82, 2.24) is 9.55 Å². The van der Waals surface area contributed by atoms with E-state index in [4.69, 9.17) is 33.7 Å². The molecular formula is C17H13Cl2N3O2. The van der Waals surface area contributed by atoms with Crippen molar-refractivity contribution < 1.29 is 4.74 Å². The van der Waals surface area contributed by atoms with Crippen LogP contribution < -0.4 is 16.2 Å². The number of hydrogen-bond donors (Lipinski definition) is 1. The molecule has 0 aliphatic carbocycles. The average Bonchev–Trinajstić information content (AvgIpc) is 2.55. The molecule has 0 aliphatic heterocycles. The standard InChI is InChI=1S/C17H13Cl2N3O2/c18-14-6-12(20)7-15(19)16(14)24-13-8-21-17(23)22(10-13)9-11-4-2-1-3-5-11/h1-8,10H,9,20H2. The molecule has 3 rings (SSSR count). The molecule has 1 heterocycles. The van der Waals surface area contributed by atoms with Crippen LogP contribution in [0.2, 0.25) is 10.0 Å². The van der Waals surface area contributed by atoms with Crippen molar-refractivity contribution in [2.45, 2.75) is 6.54 Å². The first-order chi connectivity index (χ1) is 11.5. The van der Waals surface area contributed by atoms with Crippen LogP contribution >= 0.6 is 23.2 Å². The molecule has 0 aliphatic rings. The van der Waals surface area contributed by atoms with Gasteiger partial charge in [0.1, 0.15) is 0 Å². The molecule has 24 heavy (non-hydrogen) atoms. The minimum Gasteiger partial charge on any atom is -0.451 e. The predicted molar refractivity (Wildman–Crippen MR) is 95.0 cm³/mol. The molecule has 1 aromatic heterocycles. The second kappa shape index (κ2) is 6.95. The monoisotopic (exact) mass is 361 g/mol. The Morgan fingerprint density at radius 2 is 1.79 bits per heavy atom. The topological polar surface area (TPSA) is 70.1 Å².